The van der Waals surface area contributed by atoms with Gasteiger partial charge in [-0.25, -0.2) is 0 Å². The SMILES string of the molecule is CN1CCN(CCCNC(=O)c2cc3ccc4cccnc4c3[nH]2)CC1. The Kier molecular flexibility index (Phi) is 4.86. The lowest BCUT2D eigenvalue weighted by atomic mass is 10.1. The van der Waals surface area contributed by atoms with Crippen molar-refractivity contribution in [3.63, 3.8) is 0 Å². The van der Waals surface area contributed by atoms with Gasteiger partial charge in [0.1, 0.15) is 5.69 Å². The summed E-state index contributed by atoms with van der Waals surface area (Å²) in [6.07, 6.45) is 2.75. The molecule has 1 saturated heterocycles. The Balaban J connectivity index is 1.35. The molecule has 0 saturated carbocycles. The van der Waals surface area contributed by atoms with Gasteiger partial charge in [-0.05, 0) is 32.1 Å². The number of likely N-dealkylation sites (N-methyl/N-ethyl adjacent to an activating group) is 1. The number of piperazine rings is 1. The fourth-order valence-electron chi connectivity index (χ4n) is 3.53. The van der Waals surface area contributed by atoms with Crippen LogP contribution >= 0.6 is 0 Å². The summed E-state index contributed by atoms with van der Waals surface area (Å²) < 4.78 is 0. The molecule has 2 aromatic heterocycles. The molecule has 1 aromatic carbocycles. The van der Waals surface area contributed by atoms with Crippen LogP contribution in [0.1, 0.15) is 16.9 Å². The molecule has 6 heteroatoms. The largest absolute Gasteiger partial charge is 0.351 e. The maximum Gasteiger partial charge on any atom is 0.267 e. The number of H-pyrrole nitrogens is 1. The van der Waals surface area contributed by atoms with Crippen molar-refractivity contribution < 1.29 is 4.79 Å². The molecule has 6 nitrogen and oxygen atoms in total. The lowest BCUT2D eigenvalue weighted by Gasteiger charge is -2.32. The van der Waals surface area contributed by atoms with Crippen molar-refractivity contribution in [3.05, 3.63) is 42.2 Å². The number of hydrogen-bond donors (Lipinski definition) is 2. The number of aromatic amines is 1. The average molecular weight is 351 g/mol. The van der Waals surface area contributed by atoms with E-state index in [1.165, 1.54) is 0 Å². The second-order valence-corrected chi connectivity index (χ2v) is 7.04. The Bertz CT molecular complexity index is 911. The molecule has 1 amide bonds. The smallest absolute Gasteiger partial charge is 0.267 e. The fourth-order valence-corrected chi connectivity index (χ4v) is 3.53. The monoisotopic (exact) mass is 351 g/mol. The molecule has 3 heterocycles. The molecular weight excluding hydrogens is 326 g/mol. The molecule has 1 aliphatic rings. The first-order chi connectivity index (χ1) is 12.7. The molecule has 0 spiro atoms. The van der Waals surface area contributed by atoms with Crippen LogP contribution in [-0.4, -0.2) is 72.0 Å². The summed E-state index contributed by atoms with van der Waals surface area (Å²) in [4.78, 5) is 25.0. The van der Waals surface area contributed by atoms with Gasteiger partial charge in [0, 0.05) is 49.7 Å². The molecule has 136 valence electrons. The fraction of sp³-hybridized carbons (Fsp3) is 0.400. The molecule has 0 bridgehead atoms. The van der Waals surface area contributed by atoms with Crippen LogP contribution in [0.3, 0.4) is 0 Å². The predicted octanol–water partition coefficient (Wildman–Crippen LogP) is 2.08. The molecule has 0 aliphatic carbocycles. The average Bonchev–Trinajstić information content (AvgIpc) is 3.11. The second kappa shape index (κ2) is 7.43. The van der Waals surface area contributed by atoms with Gasteiger partial charge in [0.25, 0.3) is 5.91 Å². The quantitative estimate of drug-likeness (QED) is 0.691. The zero-order valence-corrected chi connectivity index (χ0v) is 15.2. The van der Waals surface area contributed by atoms with E-state index in [9.17, 15) is 4.79 Å². The Morgan fingerprint density at radius 2 is 2.00 bits per heavy atom. The van der Waals surface area contributed by atoms with Gasteiger partial charge in [-0.2, -0.15) is 0 Å². The molecule has 3 aromatic rings. The van der Waals surface area contributed by atoms with Crippen LogP contribution in [0.4, 0.5) is 0 Å². The van der Waals surface area contributed by atoms with Gasteiger partial charge in [-0.1, -0.05) is 18.2 Å². The number of carbonyl (C=O) groups is 1. The molecule has 1 aliphatic heterocycles. The molecule has 0 radical (unpaired) electrons. The molecule has 0 atom stereocenters. The van der Waals surface area contributed by atoms with Gasteiger partial charge in [-0.3, -0.25) is 9.78 Å². The Labute approximate surface area is 153 Å². The van der Waals surface area contributed by atoms with Crippen LogP contribution in [0.25, 0.3) is 21.8 Å². The van der Waals surface area contributed by atoms with E-state index >= 15 is 0 Å². The second-order valence-electron chi connectivity index (χ2n) is 7.04. The van der Waals surface area contributed by atoms with Crippen LogP contribution in [0, 0.1) is 0 Å². The first-order valence-electron chi connectivity index (χ1n) is 9.26. The molecule has 2 N–H and O–H groups in total. The maximum atomic E-state index is 12.5. The Hall–Kier alpha value is -2.44. The topological polar surface area (TPSA) is 64.3 Å². The van der Waals surface area contributed by atoms with E-state index in [1.807, 2.05) is 30.3 Å². The number of carbonyl (C=O) groups excluding carboxylic acids is 1. The minimum atomic E-state index is -0.0522. The number of pyridine rings is 1. The summed E-state index contributed by atoms with van der Waals surface area (Å²) in [5, 5.41) is 5.11. The molecular formula is C20H25N5O. The van der Waals surface area contributed by atoms with Crippen molar-refractivity contribution in [1.29, 1.82) is 0 Å². The highest BCUT2D eigenvalue weighted by Crippen LogP contribution is 2.23. The van der Waals surface area contributed by atoms with E-state index in [2.05, 4.69) is 32.1 Å². The van der Waals surface area contributed by atoms with E-state index < -0.39 is 0 Å². The zero-order chi connectivity index (χ0) is 17.9. The van der Waals surface area contributed by atoms with Crippen LogP contribution in [-0.2, 0) is 0 Å². The van der Waals surface area contributed by atoms with Gasteiger partial charge in [0.05, 0.1) is 11.0 Å². The van der Waals surface area contributed by atoms with E-state index in [4.69, 9.17) is 0 Å². The lowest BCUT2D eigenvalue weighted by Crippen LogP contribution is -2.45. The first-order valence-corrected chi connectivity index (χ1v) is 9.26. The van der Waals surface area contributed by atoms with Crippen molar-refractivity contribution in [2.75, 3.05) is 46.3 Å². The third kappa shape index (κ3) is 3.57. The Morgan fingerprint density at radius 3 is 2.85 bits per heavy atom. The predicted molar refractivity (Wildman–Crippen MR) is 104 cm³/mol. The van der Waals surface area contributed by atoms with Crippen molar-refractivity contribution in [2.45, 2.75) is 6.42 Å². The lowest BCUT2D eigenvalue weighted by molar-refractivity contribution is 0.0945. The van der Waals surface area contributed by atoms with Crippen molar-refractivity contribution in [1.82, 2.24) is 25.1 Å². The van der Waals surface area contributed by atoms with Gasteiger partial charge in [0.2, 0.25) is 0 Å². The van der Waals surface area contributed by atoms with Gasteiger partial charge in [-0.15, -0.1) is 0 Å². The third-order valence-corrected chi connectivity index (χ3v) is 5.14. The summed E-state index contributed by atoms with van der Waals surface area (Å²) in [6.45, 7) is 6.22. The summed E-state index contributed by atoms with van der Waals surface area (Å²) in [5.74, 6) is -0.0522. The van der Waals surface area contributed by atoms with E-state index in [0.29, 0.717) is 12.2 Å². The van der Waals surface area contributed by atoms with Crippen molar-refractivity contribution in [2.24, 2.45) is 0 Å². The standard InChI is InChI=1S/C20H25N5O/c1-24-10-12-25(13-11-24)9-3-8-22-20(26)17-14-16-6-5-15-4-2-7-21-18(15)19(16)23-17/h2,4-7,14,23H,3,8-13H2,1H3,(H,22,26). The number of nitrogens with one attached hydrogen (secondary N) is 2. The summed E-state index contributed by atoms with van der Waals surface area (Å²) in [5.41, 5.74) is 2.42. The molecule has 26 heavy (non-hydrogen) atoms. The number of hydrogen-bond acceptors (Lipinski definition) is 4. The van der Waals surface area contributed by atoms with Crippen LogP contribution in [0.2, 0.25) is 0 Å². The molecule has 4 rings (SSSR count). The number of nitrogens with zero attached hydrogens (tertiary/aromatic N) is 3. The highest BCUT2D eigenvalue weighted by molar-refractivity contribution is 6.07. The zero-order valence-electron chi connectivity index (χ0n) is 15.2. The van der Waals surface area contributed by atoms with Crippen LogP contribution in [0.5, 0.6) is 0 Å². The van der Waals surface area contributed by atoms with Crippen LogP contribution < -0.4 is 5.32 Å². The van der Waals surface area contributed by atoms with E-state index in [1.54, 1.807) is 6.20 Å². The molecule has 1 fully saturated rings. The summed E-state index contributed by atoms with van der Waals surface area (Å²) in [7, 11) is 2.16. The number of fused-ring (bicyclic) bond motifs is 3. The normalized spacial score (nSPS) is 16.3. The Morgan fingerprint density at radius 1 is 1.19 bits per heavy atom. The minimum absolute atomic E-state index is 0.0522. The number of rotatable bonds is 5. The summed E-state index contributed by atoms with van der Waals surface area (Å²) >= 11 is 0. The van der Waals surface area contributed by atoms with Gasteiger partial charge < -0.3 is 20.1 Å². The maximum absolute atomic E-state index is 12.5. The minimum Gasteiger partial charge on any atom is -0.351 e. The van der Waals surface area contributed by atoms with Crippen molar-refractivity contribution in [3.8, 4) is 0 Å². The molecule has 0 unspecified atom stereocenters. The van der Waals surface area contributed by atoms with Gasteiger partial charge >= 0.3 is 0 Å². The van der Waals surface area contributed by atoms with Crippen LogP contribution in [0.15, 0.2) is 36.5 Å². The van der Waals surface area contributed by atoms with E-state index in [0.717, 1.165) is 61.0 Å². The highest BCUT2D eigenvalue weighted by atomic mass is 16.1. The van der Waals surface area contributed by atoms with E-state index in [-0.39, 0.29) is 5.91 Å². The number of benzene rings is 1. The first kappa shape index (κ1) is 17.0. The number of aromatic nitrogens is 2. The van der Waals surface area contributed by atoms with Crippen molar-refractivity contribution >= 4 is 27.7 Å². The number of amides is 1. The third-order valence-electron chi connectivity index (χ3n) is 5.14. The van der Waals surface area contributed by atoms with Gasteiger partial charge in [0.15, 0.2) is 0 Å². The summed E-state index contributed by atoms with van der Waals surface area (Å²) in [6, 6.07) is 9.92. The highest BCUT2D eigenvalue weighted by Gasteiger charge is 2.14.